The van der Waals surface area contributed by atoms with E-state index in [2.05, 4.69) is 10.1 Å². The van der Waals surface area contributed by atoms with E-state index in [0.717, 1.165) is 24.8 Å². The Bertz CT molecular complexity index is 479. The van der Waals surface area contributed by atoms with Crippen molar-refractivity contribution < 1.29 is 14.3 Å². The van der Waals surface area contributed by atoms with Crippen LogP contribution in [0, 0.1) is 0 Å². The van der Waals surface area contributed by atoms with Crippen LogP contribution in [-0.4, -0.2) is 24.5 Å². The molecule has 2 rings (SSSR count). The number of ether oxygens (including phenoxy) is 1. The highest BCUT2D eigenvalue weighted by molar-refractivity contribution is 5.86. The Kier molecular flexibility index (Phi) is 10.1. The minimum atomic E-state index is -0.711. The van der Waals surface area contributed by atoms with E-state index in [1.54, 1.807) is 0 Å². The maximum Gasteiger partial charge on any atom is 0.333 e. The normalized spacial score (nSPS) is 16.6. The van der Waals surface area contributed by atoms with Crippen molar-refractivity contribution in [3.8, 4) is 0 Å². The van der Waals surface area contributed by atoms with E-state index < -0.39 is 11.5 Å². The Hall–Kier alpha value is -1.14. The third-order valence-electron chi connectivity index (χ3n) is 4.15. The molecule has 0 amide bonds. The zero-order valence-electron chi connectivity index (χ0n) is 12.9. The number of halogens is 2. The second kappa shape index (κ2) is 10.6. The molecule has 0 bridgehead atoms. The van der Waals surface area contributed by atoms with Gasteiger partial charge in [-0.25, -0.2) is 4.79 Å². The average molecular weight is 363 g/mol. The van der Waals surface area contributed by atoms with Gasteiger partial charge in [-0.2, -0.15) is 0 Å². The van der Waals surface area contributed by atoms with Gasteiger partial charge >= 0.3 is 12.4 Å². The fourth-order valence-corrected chi connectivity index (χ4v) is 2.92. The predicted octanol–water partition coefficient (Wildman–Crippen LogP) is 2.52. The first-order valence-electron chi connectivity index (χ1n) is 7.38. The molecule has 5 nitrogen and oxygen atoms in total. The molecule has 1 atom stereocenters. The molecule has 23 heavy (non-hydrogen) atoms. The first-order valence-corrected chi connectivity index (χ1v) is 7.38. The van der Waals surface area contributed by atoms with E-state index >= 15 is 0 Å². The molecule has 0 heterocycles. The maximum absolute atomic E-state index is 12.0. The van der Waals surface area contributed by atoms with Gasteiger partial charge in [0.2, 0.25) is 0 Å². The van der Waals surface area contributed by atoms with E-state index in [0.29, 0.717) is 19.4 Å². The lowest BCUT2D eigenvalue weighted by Crippen LogP contribution is -2.51. The minimum absolute atomic E-state index is 0. The van der Waals surface area contributed by atoms with Gasteiger partial charge < -0.3 is 15.8 Å². The first kappa shape index (κ1) is 21.9. The quantitative estimate of drug-likeness (QED) is 0.442. The summed E-state index contributed by atoms with van der Waals surface area (Å²) in [5, 5.41) is 3.27. The van der Waals surface area contributed by atoms with Gasteiger partial charge in [0.15, 0.2) is 0 Å². The molecule has 1 saturated carbocycles. The first-order chi connectivity index (χ1) is 10.2. The van der Waals surface area contributed by atoms with Crippen molar-refractivity contribution in [3.63, 3.8) is 0 Å². The number of hydrogen-bond acceptors (Lipinski definition) is 5. The van der Waals surface area contributed by atoms with Crippen molar-refractivity contribution in [2.24, 2.45) is 5.73 Å². The Morgan fingerprint density at radius 2 is 1.87 bits per heavy atom. The summed E-state index contributed by atoms with van der Waals surface area (Å²) in [5.74, 6) is -0.469. The molecular weight excluding hydrogens is 339 g/mol. The van der Waals surface area contributed by atoms with E-state index in [1.165, 1.54) is 0 Å². The Morgan fingerprint density at radius 3 is 2.43 bits per heavy atom. The summed E-state index contributed by atoms with van der Waals surface area (Å²) >= 11 is 0. The molecule has 0 saturated heterocycles. The smallest absolute Gasteiger partial charge is 0.333 e. The fourth-order valence-electron chi connectivity index (χ4n) is 2.92. The van der Waals surface area contributed by atoms with Gasteiger partial charge in [-0.3, -0.25) is 4.79 Å². The highest BCUT2D eigenvalue weighted by atomic mass is 35.5. The van der Waals surface area contributed by atoms with Crippen LogP contribution in [0.4, 0.5) is 0 Å². The topological polar surface area (TPSA) is 81.4 Å². The summed E-state index contributed by atoms with van der Waals surface area (Å²) in [7, 11) is 0. The second-order valence-electron chi connectivity index (χ2n) is 5.52. The van der Waals surface area contributed by atoms with Crippen LogP contribution >= 0.6 is 24.8 Å². The van der Waals surface area contributed by atoms with Crippen LogP contribution < -0.4 is 11.1 Å². The van der Waals surface area contributed by atoms with Gasteiger partial charge in [0, 0.05) is 6.04 Å². The van der Waals surface area contributed by atoms with E-state index in [4.69, 9.17) is 5.73 Å². The summed E-state index contributed by atoms with van der Waals surface area (Å²) in [5.41, 5.74) is 6.51. The Balaban J connectivity index is 0.00000242. The van der Waals surface area contributed by atoms with E-state index in [-0.39, 0.29) is 37.3 Å². The lowest BCUT2D eigenvalue weighted by Gasteiger charge is -2.27. The van der Waals surface area contributed by atoms with Gasteiger partial charge in [0.25, 0.3) is 0 Å². The molecule has 1 fully saturated rings. The predicted molar refractivity (Wildman–Crippen MR) is 93.8 cm³/mol. The highest BCUT2D eigenvalue weighted by Gasteiger charge is 2.42. The molecule has 130 valence electrons. The van der Waals surface area contributed by atoms with Crippen LogP contribution in [0.5, 0.6) is 0 Å². The molecule has 1 aromatic carbocycles. The lowest BCUT2D eigenvalue weighted by molar-refractivity contribution is -0.157. The summed E-state index contributed by atoms with van der Waals surface area (Å²) < 4.78 is 4.56. The van der Waals surface area contributed by atoms with Gasteiger partial charge in [-0.05, 0) is 31.4 Å². The van der Waals surface area contributed by atoms with Crippen LogP contribution in [0.1, 0.15) is 43.7 Å². The van der Waals surface area contributed by atoms with Crippen molar-refractivity contribution in [1.29, 1.82) is 0 Å². The number of benzene rings is 1. The molecule has 1 aliphatic carbocycles. The van der Waals surface area contributed by atoms with Gasteiger partial charge in [0.05, 0.1) is 0 Å². The number of carbonyl (C=O) groups excluding carboxylic acids is 2. The number of nitrogens with two attached hydrogens (primary N) is 1. The standard InChI is InChI=1S/C16H22N2O3.2ClH/c17-14(13-6-2-1-3-7-13)8-11-18-16(9-4-5-10-16)15(20)21-12-19;;/h1-3,6-7,12,14,18H,4-5,8-11,17H2;2*1H/t14-;;/m0../s1. The summed E-state index contributed by atoms with van der Waals surface area (Å²) in [6, 6.07) is 9.80. The molecule has 0 aromatic heterocycles. The Morgan fingerprint density at radius 1 is 1.26 bits per heavy atom. The van der Waals surface area contributed by atoms with Crippen molar-refractivity contribution in [3.05, 3.63) is 35.9 Å². The van der Waals surface area contributed by atoms with E-state index in [9.17, 15) is 9.59 Å². The Labute approximate surface area is 149 Å². The van der Waals surface area contributed by atoms with Gasteiger partial charge in [-0.1, -0.05) is 43.2 Å². The van der Waals surface area contributed by atoms with Gasteiger partial charge in [0.1, 0.15) is 5.54 Å². The zero-order valence-corrected chi connectivity index (χ0v) is 14.5. The molecular formula is C16H24Cl2N2O3. The van der Waals surface area contributed by atoms with Crippen molar-refractivity contribution >= 4 is 37.3 Å². The molecule has 1 aromatic rings. The minimum Gasteiger partial charge on any atom is -0.394 e. The summed E-state index contributed by atoms with van der Waals surface area (Å²) in [6.45, 7) is 0.823. The molecule has 0 spiro atoms. The number of hydrogen-bond donors (Lipinski definition) is 2. The van der Waals surface area contributed by atoms with Crippen LogP contribution in [0.3, 0.4) is 0 Å². The molecule has 7 heteroatoms. The van der Waals surface area contributed by atoms with Crippen LogP contribution in [0.25, 0.3) is 0 Å². The number of nitrogens with one attached hydrogen (secondary N) is 1. The lowest BCUT2D eigenvalue weighted by atomic mass is 9.97. The molecule has 1 aliphatic rings. The second-order valence-corrected chi connectivity index (χ2v) is 5.52. The van der Waals surface area contributed by atoms with Crippen molar-refractivity contribution in [2.45, 2.75) is 43.7 Å². The maximum atomic E-state index is 12.0. The fraction of sp³-hybridized carbons (Fsp3) is 0.500. The molecule has 3 N–H and O–H groups in total. The van der Waals surface area contributed by atoms with Gasteiger partial charge in [-0.15, -0.1) is 24.8 Å². The van der Waals surface area contributed by atoms with E-state index in [1.807, 2.05) is 30.3 Å². The number of rotatable bonds is 7. The SMILES string of the molecule is Cl.Cl.N[C@@H](CCNC1(C(=O)OC=O)CCCC1)c1ccccc1. The zero-order chi connectivity index (χ0) is 15.1. The van der Waals surface area contributed by atoms with Crippen LogP contribution in [-0.2, 0) is 14.3 Å². The monoisotopic (exact) mass is 362 g/mol. The molecule has 0 radical (unpaired) electrons. The third kappa shape index (κ3) is 5.77. The van der Waals surface area contributed by atoms with Crippen LogP contribution in [0.2, 0.25) is 0 Å². The van der Waals surface area contributed by atoms with Crippen molar-refractivity contribution in [2.75, 3.05) is 6.54 Å². The summed E-state index contributed by atoms with van der Waals surface area (Å²) in [4.78, 5) is 22.4. The molecule has 0 unspecified atom stereocenters. The average Bonchev–Trinajstić information content (AvgIpc) is 2.98. The molecule has 0 aliphatic heterocycles. The number of esters is 1. The largest absolute Gasteiger partial charge is 0.394 e. The van der Waals surface area contributed by atoms with Crippen molar-refractivity contribution in [1.82, 2.24) is 5.32 Å². The third-order valence-corrected chi connectivity index (χ3v) is 4.15. The number of carbonyl (C=O) groups is 2. The summed E-state index contributed by atoms with van der Waals surface area (Å²) in [6.07, 6.45) is 4.07. The highest BCUT2D eigenvalue weighted by Crippen LogP contribution is 2.31. The van der Waals surface area contributed by atoms with Crippen LogP contribution in [0.15, 0.2) is 30.3 Å².